The summed E-state index contributed by atoms with van der Waals surface area (Å²) >= 11 is 0. The van der Waals surface area contributed by atoms with Gasteiger partial charge in [-0.1, -0.05) is 42.8 Å². The Bertz CT molecular complexity index is 937. The summed E-state index contributed by atoms with van der Waals surface area (Å²) in [6, 6.07) is 12.2. The van der Waals surface area contributed by atoms with Crippen molar-refractivity contribution in [1.82, 2.24) is 5.32 Å². The van der Waals surface area contributed by atoms with Crippen LogP contribution < -0.4 is 9.62 Å². The molecule has 0 spiro atoms. The van der Waals surface area contributed by atoms with Gasteiger partial charge < -0.3 is 5.32 Å². The molecule has 0 bridgehead atoms. The number of hydrogen-bond donors (Lipinski definition) is 1. The first-order valence-corrected chi connectivity index (χ1v) is 11.3. The summed E-state index contributed by atoms with van der Waals surface area (Å²) < 4.78 is 26.2. The Morgan fingerprint density at radius 1 is 1.04 bits per heavy atom. The van der Waals surface area contributed by atoms with Crippen molar-refractivity contribution in [3.8, 4) is 0 Å². The Morgan fingerprint density at radius 2 is 1.64 bits per heavy atom. The molecule has 0 saturated carbocycles. The van der Waals surface area contributed by atoms with E-state index < -0.39 is 16.1 Å². The summed E-state index contributed by atoms with van der Waals surface area (Å²) in [5, 5.41) is 2.98. The minimum absolute atomic E-state index is 0.222. The van der Waals surface area contributed by atoms with Gasteiger partial charge in [0.1, 0.15) is 6.04 Å². The number of carbonyl (C=O) groups excluding carboxylic acids is 1. The van der Waals surface area contributed by atoms with Crippen molar-refractivity contribution in [2.45, 2.75) is 53.1 Å². The molecule has 0 fully saturated rings. The van der Waals surface area contributed by atoms with Crippen LogP contribution in [0, 0.1) is 20.8 Å². The lowest BCUT2D eigenvalue weighted by Gasteiger charge is -2.31. The number of nitrogens with zero attached hydrogens (tertiary/aromatic N) is 1. The zero-order valence-corrected chi connectivity index (χ0v) is 18.3. The van der Waals surface area contributed by atoms with Crippen LogP contribution in [0.5, 0.6) is 0 Å². The molecule has 0 radical (unpaired) electrons. The van der Waals surface area contributed by atoms with E-state index in [1.165, 1.54) is 9.87 Å². The lowest BCUT2D eigenvalue weighted by Crippen LogP contribution is -2.49. The second kappa shape index (κ2) is 8.78. The van der Waals surface area contributed by atoms with Crippen molar-refractivity contribution in [1.29, 1.82) is 0 Å². The third-order valence-corrected chi connectivity index (χ3v) is 6.19. The molecule has 0 heterocycles. The van der Waals surface area contributed by atoms with E-state index in [1.807, 2.05) is 58.9 Å². The van der Waals surface area contributed by atoms with Crippen LogP contribution in [-0.2, 0) is 14.8 Å². The van der Waals surface area contributed by atoms with Gasteiger partial charge >= 0.3 is 0 Å². The van der Waals surface area contributed by atoms with Crippen molar-refractivity contribution in [3.05, 3.63) is 64.7 Å². The zero-order chi connectivity index (χ0) is 21.1. The lowest BCUT2D eigenvalue weighted by atomic mass is 10.0. The normalized spacial score (nSPS) is 13.6. The maximum Gasteiger partial charge on any atom is 0.244 e. The highest BCUT2D eigenvalue weighted by Crippen LogP contribution is 2.24. The van der Waals surface area contributed by atoms with Crippen LogP contribution in [0.3, 0.4) is 0 Å². The molecule has 2 aromatic carbocycles. The monoisotopic (exact) mass is 402 g/mol. The van der Waals surface area contributed by atoms with Gasteiger partial charge in [-0.3, -0.25) is 9.10 Å². The Kier molecular flexibility index (Phi) is 6.88. The minimum Gasteiger partial charge on any atom is -0.348 e. The third kappa shape index (κ3) is 5.13. The average molecular weight is 403 g/mol. The molecular weight excluding hydrogens is 372 g/mol. The largest absolute Gasteiger partial charge is 0.348 e. The highest BCUT2D eigenvalue weighted by atomic mass is 32.2. The van der Waals surface area contributed by atoms with Gasteiger partial charge in [-0.05, 0) is 62.9 Å². The van der Waals surface area contributed by atoms with E-state index in [0.717, 1.165) is 22.9 Å². The molecule has 0 saturated heterocycles. The summed E-state index contributed by atoms with van der Waals surface area (Å²) in [7, 11) is -3.63. The van der Waals surface area contributed by atoms with E-state index in [4.69, 9.17) is 0 Å². The van der Waals surface area contributed by atoms with Crippen molar-refractivity contribution in [2.75, 3.05) is 10.6 Å². The quantitative estimate of drug-likeness (QED) is 0.760. The molecule has 6 heteroatoms. The Labute approximate surface area is 168 Å². The highest BCUT2D eigenvalue weighted by Gasteiger charge is 2.32. The van der Waals surface area contributed by atoms with Crippen molar-refractivity contribution in [3.63, 3.8) is 0 Å². The number of carbonyl (C=O) groups is 1. The van der Waals surface area contributed by atoms with Crippen LogP contribution in [-0.4, -0.2) is 26.6 Å². The zero-order valence-electron chi connectivity index (χ0n) is 17.5. The molecule has 0 aliphatic heterocycles. The summed E-state index contributed by atoms with van der Waals surface area (Å²) in [5.41, 5.74) is 4.86. The molecule has 2 rings (SSSR count). The number of benzene rings is 2. The second-order valence-electron chi connectivity index (χ2n) is 7.39. The van der Waals surface area contributed by atoms with E-state index >= 15 is 0 Å². The van der Waals surface area contributed by atoms with Gasteiger partial charge in [0.2, 0.25) is 15.9 Å². The fourth-order valence-electron chi connectivity index (χ4n) is 3.18. The molecule has 0 aromatic heterocycles. The fourth-order valence-corrected chi connectivity index (χ4v) is 4.39. The highest BCUT2D eigenvalue weighted by molar-refractivity contribution is 7.92. The Morgan fingerprint density at radius 3 is 2.14 bits per heavy atom. The summed E-state index contributed by atoms with van der Waals surface area (Å²) in [6.45, 7) is 9.73. The molecule has 0 aliphatic carbocycles. The van der Waals surface area contributed by atoms with Crippen LogP contribution in [0.25, 0.3) is 0 Å². The number of sulfonamides is 1. The summed E-state index contributed by atoms with van der Waals surface area (Å²) in [4.78, 5) is 13.0. The second-order valence-corrected chi connectivity index (χ2v) is 9.25. The summed E-state index contributed by atoms with van der Waals surface area (Å²) in [6.07, 6.45) is 1.50. The van der Waals surface area contributed by atoms with Crippen LogP contribution in [0.2, 0.25) is 0 Å². The van der Waals surface area contributed by atoms with Crippen LogP contribution in [0.1, 0.15) is 48.6 Å². The molecule has 0 aliphatic rings. The van der Waals surface area contributed by atoms with Crippen LogP contribution >= 0.6 is 0 Å². The third-order valence-electron chi connectivity index (χ3n) is 5.01. The van der Waals surface area contributed by atoms with Gasteiger partial charge in [0.25, 0.3) is 0 Å². The van der Waals surface area contributed by atoms with E-state index in [9.17, 15) is 13.2 Å². The molecule has 152 valence electrons. The molecule has 5 nitrogen and oxygen atoms in total. The van der Waals surface area contributed by atoms with E-state index in [2.05, 4.69) is 11.4 Å². The lowest BCUT2D eigenvalue weighted by molar-refractivity contribution is -0.122. The Balaban J connectivity index is 2.30. The van der Waals surface area contributed by atoms with Gasteiger partial charge in [0, 0.05) is 0 Å². The predicted octanol–water partition coefficient (Wildman–Crippen LogP) is 4.03. The Hall–Kier alpha value is -2.34. The predicted molar refractivity (Wildman–Crippen MR) is 115 cm³/mol. The van der Waals surface area contributed by atoms with E-state index in [1.54, 1.807) is 12.1 Å². The standard InChI is InChI=1S/C22H30N2O3S/c1-7-21(24(28(6,26)27)20-12-8-15(2)9-13-20)22(25)23-18(5)19-11-10-16(3)17(4)14-19/h8-14,18,21H,7H2,1-6H3,(H,23,25)/t18-,21-/m1/s1. The first-order valence-electron chi connectivity index (χ1n) is 9.48. The van der Waals surface area contributed by atoms with E-state index in [0.29, 0.717) is 12.1 Å². The van der Waals surface area contributed by atoms with Gasteiger partial charge in [0.15, 0.2) is 0 Å². The van der Waals surface area contributed by atoms with Gasteiger partial charge in [-0.15, -0.1) is 0 Å². The molecule has 0 unspecified atom stereocenters. The first kappa shape index (κ1) is 22.0. The number of rotatable bonds is 7. The average Bonchev–Trinajstić information content (AvgIpc) is 2.61. The summed E-state index contributed by atoms with van der Waals surface area (Å²) in [5.74, 6) is -0.306. The molecule has 28 heavy (non-hydrogen) atoms. The molecule has 2 aromatic rings. The van der Waals surface area contributed by atoms with Crippen LogP contribution in [0.4, 0.5) is 5.69 Å². The number of anilines is 1. The number of nitrogens with one attached hydrogen (secondary N) is 1. The van der Waals surface area contributed by atoms with E-state index in [-0.39, 0.29) is 11.9 Å². The molecule has 1 amide bonds. The number of aryl methyl sites for hydroxylation is 3. The van der Waals surface area contributed by atoms with Crippen LogP contribution in [0.15, 0.2) is 42.5 Å². The van der Waals surface area contributed by atoms with Crippen molar-refractivity contribution >= 4 is 21.6 Å². The molecule has 1 N–H and O–H groups in total. The maximum atomic E-state index is 13.0. The van der Waals surface area contributed by atoms with Gasteiger partial charge in [-0.25, -0.2) is 8.42 Å². The SMILES string of the molecule is CC[C@H](C(=O)N[C@H](C)c1ccc(C)c(C)c1)N(c1ccc(C)cc1)S(C)(=O)=O. The number of hydrogen-bond acceptors (Lipinski definition) is 3. The topological polar surface area (TPSA) is 66.5 Å². The maximum absolute atomic E-state index is 13.0. The van der Waals surface area contributed by atoms with Gasteiger partial charge in [-0.2, -0.15) is 0 Å². The molecule has 2 atom stereocenters. The molecular formula is C22H30N2O3S. The van der Waals surface area contributed by atoms with Gasteiger partial charge in [0.05, 0.1) is 18.0 Å². The fraction of sp³-hybridized carbons (Fsp3) is 0.409. The number of amides is 1. The first-order chi connectivity index (χ1) is 13.0. The smallest absolute Gasteiger partial charge is 0.244 e. The van der Waals surface area contributed by atoms with Crippen molar-refractivity contribution in [2.24, 2.45) is 0 Å². The van der Waals surface area contributed by atoms with Crippen molar-refractivity contribution < 1.29 is 13.2 Å². The minimum atomic E-state index is -3.63.